The van der Waals surface area contributed by atoms with Crippen LogP contribution in [0, 0.1) is 5.82 Å². The summed E-state index contributed by atoms with van der Waals surface area (Å²) in [6, 6.07) is 18.1. The number of fused-ring (bicyclic) bond motifs is 1. The maximum atomic E-state index is 13.7. The van der Waals surface area contributed by atoms with Crippen molar-refractivity contribution >= 4 is 16.8 Å². The zero-order valence-corrected chi connectivity index (χ0v) is 14.6. The number of hydrogen-bond acceptors (Lipinski definition) is 2. The lowest BCUT2D eigenvalue weighted by Gasteiger charge is -2.06. The molecule has 1 amide bonds. The van der Waals surface area contributed by atoms with Crippen molar-refractivity contribution in [2.24, 2.45) is 0 Å². The van der Waals surface area contributed by atoms with Crippen LogP contribution in [0.5, 0.6) is 0 Å². The Kier molecular flexibility index (Phi) is 4.66. The fourth-order valence-electron chi connectivity index (χ4n) is 3.12. The fraction of sp³-hybridized carbons (Fsp3) is 0.0909. The monoisotopic (exact) mass is 359 g/mol. The molecule has 5 heteroatoms. The van der Waals surface area contributed by atoms with E-state index >= 15 is 0 Å². The number of carbonyl (C=O) groups excluding carboxylic acids is 1. The highest BCUT2D eigenvalue weighted by molar-refractivity contribution is 5.94. The Morgan fingerprint density at radius 2 is 1.89 bits per heavy atom. The van der Waals surface area contributed by atoms with Gasteiger partial charge in [0.05, 0.1) is 11.2 Å². The number of hydrogen-bond donors (Lipinski definition) is 2. The molecule has 0 fully saturated rings. The van der Waals surface area contributed by atoms with Gasteiger partial charge < -0.3 is 10.3 Å². The average Bonchev–Trinajstić information content (AvgIpc) is 3.13. The lowest BCUT2D eigenvalue weighted by atomic mass is 10.1. The molecule has 0 aliphatic rings. The second-order valence-corrected chi connectivity index (χ2v) is 6.27. The zero-order valence-electron chi connectivity index (χ0n) is 14.6. The summed E-state index contributed by atoms with van der Waals surface area (Å²) in [4.78, 5) is 19.6. The molecule has 0 aliphatic heterocycles. The van der Waals surface area contributed by atoms with Gasteiger partial charge in [-0.05, 0) is 42.3 Å². The summed E-state index contributed by atoms with van der Waals surface area (Å²) in [5, 5.41) is 3.76. The van der Waals surface area contributed by atoms with Gasteiger partial charge in [-0.3, -0.25) is 9.78 Å². The van der Waals surface area contributed by atoms with Gasteiger partial charge in [0.2, 0.25) is 0 Å². The molecule has 0 atom stereocenters. The van der Waals surface area contributed by atoms with Crippen molar-refractivity contribution in [2.75, 3.05) is 6.54 Å². The lowest BCUT2D eigenvalue weighted by Crippen LogP contribution is -2.25. The Balaban J connectivity index is 1.38. The van der Waals surface area contributed by atoms with Crippen LogP contribution in [-0.2, 0) is 6.42 Å². The maximum Gasteiger partial charge on any atom is 0.251 e. The van der Waals surface area contributed by atoms with Gasteiger partial charge in [-0.2, -0.15) is 0 Å². The third kappa shape index (κ3) is 3.58. The van der Waals surface area contributed by atoms with Gasteiger partial charge in [0.15, 0.2) is 0 Å². The molecular formula is C22H18FN3O. The van der Waals surface area contributed by atoms with Crippen molar-refractivity contribution in [1.82, 2.24) is 15.3 Å². The first-order valence-corrected chi connectivity index (χ1v) is 8.76. The van der Waals surface area contributed by atoms with E-state index in [-0.39, 0.29) is 11.7 Å². The van der Waals surface area contributed by atoms with Crippen LogP contribution in [0.1, 0.15) is 15.9 Å². The summed E-state index contributed by atoms with van der Waals surface area (Å²) in [5.74, 6) is -0.399. The van der Waals surface area contributed by atoms with Gasteiger partial charge in [-0.1, -0.05) is 30.3 Å². The normalized spacial score (nSPS) is 10.9. The molecular weight excluding hydrogens is 341 g/mol. The lowest BCUT2D eigenvalue weighted by molar-refractivity contribution is 0.0954. The van der Waals surface area contributed by atoms with Crippen LogP contribution in [0.25, 0.3) is 22.2 Å². The minimum atomic E-state index is -0.268. The van der Waals surface area contributed by atoms with Crippen molar-refractivity contribution in [3.63, 3.8) is 0 Å². The number of carbonyl (C=O) groups is 1. The van der Waals surface area contributed by atoms with E-state index in [1.165, 1.54) is 6.07 Å². The number of aromatic amines is 1. The van der Waals surface area contributed by atoms with E-state index in [0.717, 1.165) is 22.2 Å². The Bertz CT molecular complexity index is 1070. The Morgan fingerprint density at radius 1 is 1.04 bits per heavy atom. The van der Waals surface area contributed by atoms with E-state index in [9.17, 15) is 9.18 Å². The van der Waals surface area contributed by atoms with Crippen molar-refractivity contribution in [1.29, 1.82) is 0 Å². The summed E-state index contributed by atoms with van der Waals surface area (Å²) in [5.41, 5.74) is 3.92. The zero-order chi connectivity index (χ0) is 18.6. The molecule has 0 spiro atoms. The summed E-state index contributed by atoms with van der Waals surface area (Å²) >= 11 is 0. The first kappa shape index (κ1) is 17.0. The smallest absolute Gasteiger partial charge is 0.251 e. The number of rotatable bonds is 5. The maximum absolute atomic E-state index is 13.7. The fourth-order valence-corrected chi connectivity index (χ4v) is 3.12. The molecule has 0 aliphatic carbocycles. The van der Waals surface area contributed by atoms with Crippen LogP contribution >= 0.6 is 0 Å². The Labute approximate surface area is 156 Å². The third-order valence-electron chi connectivity index (χ3n) is 4.54. The molecule has 2 aromatic heterocycles. The summed E-state index contributed by atoms with van der Waals surface area (Å²) in [7, 11) is 0. The predicted molar refractivity (Wildman–Crippen MR) is 104 cm³/mol. The molecule has 2 aromatic carbocycles. The number of halogens is 1. The van der Waals surface area contributed by atoms with Gasteiger partial charge in [0, 0.05) is 35.5 Å². The van der Waals surface area contributed by atoms with E-state index < -0.39 is 0 Å². The molecule has 0 saturated carbocycles. The molecule has 4 aromatic rings. The molecule has 0 saturated heterocycles. The molecule has 2 heterocycles. The molecule has 4 nitrogen and oxygen atoms in total. The molecule has 2 N–H and O–H groups in total. The number of aromatic nitrogens is 2. The van der Waals surface area contributed by atoms with E-state index in [4.69, 9.17) is 0 Å². The van der Waals surface area contributed by atoms with Crippen molar-refractivity contribution in [3.05, 3.63) is 90.0 Å². The molecule has 27 heavy (non-hydrogen) atoms. The number of amides is 1. The SMILES string of the molecule is O=C(NCCc1c[nH]c2c(F)cccc12)c1ccc(-c2ccccn2)cc1. The van der Waals surface area contributed by atoms with E-state index in [2.05, 4.69) is 15.3 Å². The summed E-state index contributed by atoms with van der Waals surface area (Å²) in [6.45, 7) is 0.476. The summed E-state index contributed by atoms with van der Waals surface area (Å²) in [6.07, 6.45) is 4.16. The van der Waals surface area contributed by atoms with Gasteiger partial charge in [-0.15, -0.1) is 0 Å². The largest absolute Gasteiger partial charge is 0.359 e. The van der Waals surface area contributed by atoms with E-state index in [0.29, 0.717) is 24.0 Å². The molecule has 4 rings (SSSR count). The second-order valence-electron chi connectivity index (χ2n) is 6.27. The quantitative estimate of drug-likeness (QED) is 0.557. The van der Waals surface area contributed by atoms with Gasteiger partial charge >= 0.3 is 0 Å². The van der Waals surface area contributed by atoms with Gasteiger partial charge in [0.25, 0.3) is 5.91 Å². The van der Waals surface area contributed by atoms with Crippen LogP contribution in [0.15, 0.2) is 73.1 Å². The van der Waals surface area contributed by atoms with Crippen LogP contribution in [-0.4, -0.2) is 22.4 Å². The molecule has 0 bridgehead atoms. The Hall–Kier alpha value is -3.47. The first-order valence-electron chi connectivity index (χ1n) is 8.76. The minimum Gasteiger partial charge on any atom is -0.359 e. The molecule has 0 unspecified atom stereocenters. The highest BCUT2D eigenvalue weighted by Crippen LogP contribution is 2.21. The number of benzene rings is 2. The highest BCUT2D eigenvalue weighted by Gasteiger charge is 2.09. The topological polar surface area (TPSA) is 57.8 Å². The third-order valence-corrected chi connectivity index (χ3v) is 4.54. The number of nitrogens with zero attached hydrogens (tertiary/aromatic N) is 1. The highest BCUT2D eigenvalue weighted by atomic mass is 19.1. The standard InChI is InChI=1S/C22H18FN3O/c23-19-5-3-4-18-17(14-26-21(18)19)11-13-25-22(27)16-9-7-15(8-10-16)20-6-1-2-12-24-20/h1-10,12,14,26H,11,13H2,(H,25,27). The number of pyridine rings is 1. The first-order chi connectivity index (χ1) is 13.2. The van der Waals surface area contributed by atoms with Crippen LogP contribution in [0.2, 0.25) is 0 Å². The van der Waals surface area contributed by atoms with Crippen molar-refractivity contribution < 1.29 is 9.18 Å². The van der Waals surface area contributed by atoms with E-state index in [1.807, 2.05) is 36.4 Å². The molecule has 134 valence electrons. The number of H-pyrrole nitrogens is 1. The van der Waals surface area contributed by atoms with E-state index in [1.54, 1.807) is 30.6 Å². The van der Waals surface area contributed by atoms with Crippen LogP contribution in [0.4, 0.5) is 4.39 Å². The van der Waals surface area contributed by atoms with Crippen molar-refractivity contribution in [3.8, 4) is 11.3 Å². The minimum absolute atomic E-state index is 0.131. The summed E-state index contributed by atoms with van der Waals surface area (Å²) < 4.78 is 13.7. The van der Waals surface area contributed by atoms with Crippen LogP contribution in [0.3, 0.4) is 0 Å². The predicted octanol–water partition coefficient (Wildman–Crippen LogP) is 4.34. The molecule has 0 radical (unpaired) electrons. The average molecular weight is 359 g/mol. The second kappa shape index (κ2) is 7.41. The Morgan fingerprint density at radius 3 is 2.67 bits per heavy atom. The van der Waals surface area contributed by atoms with Crippen LogP contribution < -0.4 is 5.32 Å². The van der Waals surface area contributed by atoms with Gasteiger partial charge in [0.1, 0.15) is 5.82 Å². The van der Waals surface area contributed by atoms with Gasteiger partial charge in [-0.25, -0.2) is 4.39 Å². The van der Waals surface area contributed by atoms with Crippen molar-refractivity contribution in [2.45, 2.75) is 6.42 Å². The number of nitrogens with one attached hydrogen (secondary N) is 2. The number of para-hydroxylation sites is 1.